The Kier molecular flexibility index (Phi) is 3.65. The first-order valence-electron chi connectivity index (χ1n) is 7.21. The van der Waals surface area contributed by atoms with Crippen LogP contribution in [0.4, 0.5) is 5.69 Å². The topological polar surface area (TPSA) is 29.5 Å². The zero-order valence-corrected chi connectivity index (χ0v) is 12.4. The number of ether oxygens (including phenoxy) is 1. The molecule has 108 valence electrons. The molecule has 1 heterocycles. The Morgan fingerprint density at radius 2 is 1.90 bits per heavy atom. The maximum Gasteiger partial charge on any atom is 0.231 e. The molecule has 0 bridgehead atoms. The number of benzene rings is 2. The lowest BCUT2D eigenvalue weighted by atomic mass is 10.0. The molecule has 0 spiro atoms. The van der Waals surface area contributed by atoms with Gasteiger partial charge in [0.15, 0.2) is 0 Å². The van der Waals surface area contributed by atoms with Crippen LogP contribution in [0.25, 0.3) is 0 Å². The van der Waals surface area contributed by atoms with Gasteiger partial charge in [0.1, 0.15) is 5.75 Å². The molecule has 2 aromatic carbocycles. The molecule has 3 heteroatoms. The van der Waals surface area contributed by atoms with E-state index in [2.05, 4.69) is 13.0 Å². The van der Waals surface area contributed by atoms with Crippen molar-refractivity contribution in [3.63, 3.8) is 0 Å². The van der Waals surface area contributed by atoms with Gasteiger partial charge in [-0.3, -0.25) is 4.79 Å². The molecule has 21 heavy (non-hydrogen) atoms. The van der Waals surface area contributed by atoms with E-state index in [-0.39, 0.29) is 5.91 Å². The number of methoxy groups -OCH3 is 1. The standard InChI is InChI=1S/C18H19NO2/c1-13-12-19(17-6-4-3-5-16(13)17)18(20)11-14-7-9-15(21-2)10-8-14/h3-10,13H,11-12H2,1-2H3. The van der Waals surface area contributed by atoms with Gasteiger partial charge in [0.2, 0.25) is 5.91 Å². The SMILES string of the molecule is COc1ccc(CC(=O)N2CC(C)c3ccccc32)cc1. The highest BCUT2D eigenvalue weighted by molar-refractivity contribution is 5.97. The van der Waals surface area contributed by atoms with Crippen molar-refractivity contribution in [3.05, 3.63) is 59.7 Å². The predicted molar refractivity (Wildman–Crippen MR) is 83.9 cm³/mol. The lowest BCUT2D eigenvalue weighted by Crippen LogP contribution is -2.30. The first-order chi connectivity index (χ1) is 10.2. The van der Waals surface area contributed by atoms with E-state index in [1.165, 1.54) is 5.56 Å². The first kappa shape index (κ1) is 13.7. The highest BCUT2D eigenvalue weighted by atomic mass is 16.5. The molecule has 0 N–H and O–H groups in total. The van der Waals surface area contributed by atoms with E-state index in [4.69, 9.17) is 4.74 Å². The molecular formula is C18H19NO2. The Bertz CT molecular complexity index is 649. The van der Waals surface area contributed by atoms with Gasteiger partial charge in [0, 0.05) is 18.2 Å². The van der Waals surface area contributed by atoms with E-state index in [0.29, 0.717) is 12.3 Å². The Labute approximate surface area is 125 Å². The summed E-state index contributed by atoms with van der Waals surface area (Å²) in [6.45, 7) is 2.94. The minimum absolute atomic E-state index is 0.150. The number of anilines is 1. The molecule has 1 atom stereocenters. The average Bonchev–Trinajstić information content (AvgIpc) is 2.86. The molecule has 2 aromatic rings. The lowest BCUT2D eigenvalue weighted by molar-refractivity contribution is -0.117. The second-order valence-corrected chi connectivity index (χ2v) is 5.49. The van der Waals surface area contributed by atoms with Crippen molar-refractivity contribution in [1.29, 1.82) is 0 Å². The highest BCUT2D eigenvalue weighted by Gasteiger charge is 2.29. The molecule has 3 nitrogen and oxygen atoms in total. The van der Waals surface area contributed by atoms with E-state index < -0.39 is 0 Å². The van der Waals surface area contributed by atoms with E-state index in [1.807, 2.05) is 47.4 Å². The van der Waals surface area contributed by atoms with Gasteiger partial charge in [0.05, 0.1) is 13.5 Å². The Balaban J connectivity index is 1.77. The molecule has 0 aliphatic carbocycles. The number of rotatable bonds is 3. The van der Waals surface area contributed by atoms with Crippen LogP contribution in [-0.2, 0) is 11.2 Å². The number of carbonyl (C=O) groups is 1. The molecule has 3 rings (SSSR count). The van der Waals surface area contributed by atoms with Crippen LogP contribution in [0.5, 0.6) is 5.75 Å². The van der Waals surface area contributed by atoms with Crippen molar-refractivity contribution < 1.29 is 9.53 Å². The zero-order valence-electron chi connectivity index (χ0n) is 12.4. The largest absolute Gasteiger partial charge is 0.497 e. The minimum Gasteiger partial charge on any atom is -0.497 e. The number of para-hydroxylation sites is 1. The average molecular weight is 281 g/mol. The third-order valence-corrected chi connectivity index (χ3v) is 4.03. The summed E-state index contributed by atoms with van der Waals surface area (Å²) in [6, 6.07) is 15.8. The molecule has 0 radical (unpaired) electrons. The van der Waals surface area contributed by atoms with Crippen LogP contribution in [0.15, 0.2) is 48.5 Å². The fraction of sp³-hybridized carbons (Fsp3) is 0.278. The molecule has 1 unspecified atom stereocenters. The van der Waals surface area contributed by atoms with Gasteiger partial charge in [-0.2, -0.15) is 0 Å². The smallest absolute Gasteiger partial charge is 0.231 e. The van der Waals surface area contributed by atoms with Gasteiger partial charge in [-0.25, -0.2) is 0 Å². The summed E-state index contributed by atoms with van der Waals surface area (Å²) in [6.07, 6.45) is 0.422. The van der Waals surface area contributed by atoms with Crippen LogP contribution in [-0.4, -0.2) is 19.6 Å². The maximum atomic E-state index is 12.6. The Hall–Kier alpha value is -2.29. The van der Waals surface area contributed by atoms with Crippen molar-refractivity contribution in [2.24, 2.45) is 0 Å². The van der Waals surface area contributed by atoms with E-state index >= 15 is 0 Å². The monoisotopic (exact) mass is 281 g/mol. The predicted octanol–water partition coefficient (Wildman–Crippen LogP) is 3.39. The van der Waals surface area contributed by atoms with Gasteiger partial charge in [-0.1, -0.05) is 37.3 Å². The zero-order chi connectivity index (χ0) is 14.8. The fourth-order valence-electron chi connectivity index (χ4n) is 2.87. The quantitative estimate of drug-likeness (QED) is 0.863. The van der Waals surface area contributed by atoms with Crippen molar-refractivity contribution in [2.45, 2.75) is 19.3 Å². The van der Waals surface area contributed by atoms with Crippen molar-refractivity contribution in [2.75, 3.05) is 18.6 Å². The lowest BCUT2D eigenvalue weighted by Gasteiger charge is -2.17. The molecule has 1 amide bonds. The first-order valence-corrected chi connectivity index (χ1v) is 7.21. The second-order valence-electron chi connectivity index (χ2n) is 5.49. The summed E-state index contributed by atoms with van der Waals surface area (Å²) < 4.78 is 5.14. The van der Waals surface area contributed by atoms with E-state index in [9.17, 15) is 4.79 Å². The van der Waals surface area contributed by atoms with E-state index in [0.717, 1.165) is 23.5 Å². The van der Waals surface area contributed by atoms with Gasteiger partial charge in [0.25, 0.3) is 0 Å². The summed E-state index contributed by atoms with van der Waals surface area (Å²) in [5, 5.41) is 0. The van der Waals surface area contributed by atoms with Gasteiger partial charge >= 0.3 is 0 Å². The van der Waals surface area contributed by atoms with E-state index in [1.54, 1.807) is 7.11 Å². The fourth-order valence-corrected chi connectivity index (χ4v) is 2.87. The van der Waals surface area contributed by atoms with Crippen LogP contribution in [0.2, 0.25) is 0 Å². The molecule has 1 aliphatic heterocycles. The van der Waals surface area contributed by atoms with Crippen LogP contribution < -0.4 is 9.64 Å². The maximum absolute atomic E-state index is 12.6. The summed E-state index contributed by atoms with van der Waals surface area (Å²) in [7, 11) is 1.64. The van der Waals surface area contributed by atoms with Gasteiger partial charge in [-0.05, 0) is 29.3 Å². The van der Waals surface area contributed by atoms with Crippen LogP contribution >= 0.6 is 0 Å². The molecule has 1 aliphatic rings. The Morgan fingerprint density at radius 3 is 2.62 bits per heavy atom. The van der Waals surface area contributed by atoms with Crippen LogP contribution in [0, 0.1) is 0 Å². The van der Waals surface area contributed by atoms with Gasteiger partial charge in [-0.15, -0.1) is 0 Å². The second kappa shape index (κ2) is 5.60. The normalized spacial score (nSPS) is 16.7. The summed E-state index contributed by atoms with van der Waals surface area (Å²) in [5.41, 5.74) is 3.34. The number of carbonyl (C=O) groups excluding carboxylic acids is 1. The minimum atomic E-state index is 0.150. The molecule has 0 saturated heterocycles. The van der Waals surface area contributed by atoms with Gasteiger partial charge < -0.3 is 9.64 Å². The molecule has 0 saturated carbocycles. The third kappa shape index (κ3) is 2.64. The number of nitrogens with zero attached hydrogens (tertiary/aromatic N) is 1. The summed E-state index contributed by atoms with van der Waals surface area (Å²) >= 11 is 0. The van der Waals surface area contributed by atoms with Crippen LogP contribution in [0.3, 0.4) is 0 Å². The third-order valence-electron chi connectivity index (χ3n) is 4.03. The van der Waals surface area contributed by atoms with Crippen molar-refractivity contribution in [1.82, 2.24) is 0 Å². The summed E-state index contributed by atoms with van der Waals surface area (Å²) in [5.74, 6) is 1.37. The highest BCUT2D eigenvalue weighted by Crippen LogP contribution is 2.35. The molecule has 0 fully saturated rings. The van der Waals surface area contributed by atoms with Crippen molar-refractivity contribution in [3.8, 4) is 5.75 Å². The number of fused-ring (bicyclic) bond motifs is 1. The Morgan fingerprint density at radius 1 is 1.19 bits per heavy atom. The summed E-state index contributed by atoms with van der Waals surface area (Å²) in [4.78, 5) is 14.5. The number of amides is 1. The molecule has 0 aromatic heterocycles. The van der Waals surface area contributed by atoms with Crippen molar-refractivity contribution >= 4 is 11.6 Å². The number of hydrogen-bond donors (Lipinski definition) is 0. The molecular weight excluding hydrogens is 262 g/mol. The number of hydrogen-bond acceptors (Lipinski definition) is 2. The van der Waals surface area contributed by atoms with Crippen LogP contribution in [0.1, 0.15) is 24.0 Å².